The topological polar surface area (TPSA) is 58.4 Å². The van der Waals surface area contributed by atoms with Gasteiger partial charge in [-0.25, -0.2) is 4.39 Å². The Balaban J connectivity index is 1.50. The van der Waals surface area contributed by atoms with E-state index in [9.17, 15) is 29.9 Å². The highest BCUT2D eigenvalue weighted by Gasteiger charge is 2.30. The van der Waals surface area contributed by atoms with Crippen molar-refractivity contribution in [1.29, 1.82) is 0 Å². The number of likely N-dealkylation sites (N-methyl/N-ethyl adjacent to an activating group) is 1. The number of hydrogen-bond acceptors (Lipinski definition) is 5. The molecule has 0 spiro atoms. The van der Waals surface area contributed by atoms with Crippen molar-refractivity contribution >= 4 is 17.7 Å². The molecule has 4 aromatic rings. The van der Waals surface area contributed by atoms with Crippen LogP contribution in [0.25, 0.3) is 11.1 Å². The monoisotopic (exact) mass is 672 g/mol. The molecule has 0 fully saturated rings. The fourth-order valence-corrected chi connectivity index (χ4v) is 6.30. The van der Waals surface area contributed by atoms with Gasteiger partial charge in [0.1, 0.15) is 12.4 Å². The summed E-state index contributed by atoms with van der Waals surface area (Å²) in [6.45, 7) is -5.87. The standard InChI is InChI=1S/C36H38F4N4O2S/c1-3-42(4-2)20-21-43(22-25-8-12-27(13-9-25)28-14-16-29(17-15-28)36(38,39)40)33(45)23-44-32-7-5-6-31(32)34(46)41-35(44)47-24-26-10-18-30(37)19-11-26/h8-19H,3-7,20-24H2,1-2H3/i3D2,4D2,22D2. The lowest BCUT2D eigenvalue weighted by molar-refractivity contribution is -0.137. The number of nitrogens with zero attached hydrogens (tertiary/aromatic N) is 4. The van der Waals surface area contributed by atoms with Crippen LogP contribution in [0.2, 0.25) is 0 Å². The second-order valence-corrected chi connectivity index (χ2v) is 11.8. The predicted molar refractivity (Wildman–Crippen MR) is 177 cm³/mol. The molecular formula is C36H38F4N4O2S. The lowest BCUT2D eigenvalue weighted by Gasteiger charge is -2.28. The Labute approximate surface area is 284 Å². The Bertz CT molecular complexity index is 1970. The number of aromatic nitrogens is 2. The molecule has 1 heterocycles. The first-order valence-electron chi connectivity index (χ1n) is 18.0. The van der Waals surface area contributed by atoms with E-state index in [1.54, 1.807) is 16.7 Å². The molecule has 3 aromatic carbocycles. The SMILES string of the molecule is [2H]C([2H])(C)N(CCN(C(=O)Cn1c(SCc2ccc(F)cc2)nc(=O)c2c1CCC2)C([2H])([2H])c1ccc(-c2ccc(C(F)(F)F)cc2)cc1)C([2H])([2H])C. The molecule has 1 aliphatic rings. The zero-order valence-corrected chi connectivity index (χ0v) is 26.7. The summed E-state index contributed by atoms with van der Waals surface area (Å²) in [5, 5.41) is 0.214. The number of fused-ring (bicyclic) bond motifs is 1. The van der Waals surface area contributed by atoms with E-state index in [1.807, 2.05) is 0 Å². The first kappa shape index (κ1) is 27.0. The first-order chi connectivity index (χ1) is 24.7. The molecule has 0 saturated heterocycles. The van der Waals surface area contributed by atoms with Crippen LogP contribution < -0.4 is 5.56 Å². The minimum Gasteiger partial charge on any atom is -0.336 e. The average Bonchev–Trinajstić information content (AvgIpc) is 3.57. The zero-order valence-electron chi connectivity index (χ0n) is 31.9. The van der Waals surface area contributed by atoms with E-state index in [2.05, 4.69) is 4.98 Å². The average molecular weight is 673 g/mol. The van der Waals surface area contributed by atoms with Crippen molar-refractivity contribution < 1.29 is 30.6 Å². The second-order valence-electron chi connectivity index (χ2n) is 10.9. The molecule has 0 radical (unpaired) electrons. The smallest absolute Gasteiger partial charge is 0.336 e. The molecule has 11 heteroatoms. The Kier molecular flexibility index (Phi) is 8.80. The van der Waals surface area contributed by atoms with Crippen LogP contribution in [-0.2, 0) is 42.6 Å². The van der Waals surface area contributed by atoms with Gasteiger partial charge in [-0.05, 0) is 78.8 Å². The number of carbonyl (C=O) groups is 1. The summed E-state index contributed by atoms with van der Waals surface area (Å²) in [5.41, 5.74) is 1.53. The van der Waals surface area contributed by atoms with Crippen LogP contribution in [0.4, 0.5) is 17.6 Å². The summed E-state index contributed by atoms with van der Waals surface area (Å²) in [6.07, 6.45) is -2.93. The van der Waals surface area contributed by atoms with Gasteiger partial charge in [0.2, 0.25) is 5.91 Å². The molecule has 1 aliphatic carbocycles. The number of hydrogen-bond donors (Lipinski definition) is 0. The maximum Gasteiger partial charge on any atom is 0.416 e. The van der Waals surface area contributed by atoms with Crippen LogP contribution in [0.3, 0.4) is 0 Å². The van der Waals surface area contributed by atoms with Gasteiger partial charge in [-0.15, -0.1) is 0 Å². The minimum absolute atomic E-state index is 0.0150. The van der Waals surface area contributed by atoms with Gasteiger partial charge in [0.15, 0.2) is 5.16 Å². The van der Waals surface area contributed by atoms with Gasteiger partial charge in [0.05, 0.1) is 8.30 Å². The largest absolute Gasteiger partial charge is 0.416 e. The lowest BCUT2D eigenvalue weighted by atomic mass is 10.0. The van der Waals surface area contributed by atoms with Crippen molar-refractivity contribution in [3.05, 3.63) is 117 Å². The minimum atomic E-state index is -4.51. The van der Waals surface area contributed by atoms with Crippen molar-refractivity contribution in [3.8, 4) is 11.1 Å². The fraction of sp³-hybridized carbons (Fsp3) is 0.361. The number of amides is 1. The van der Waals surface area contributed by atoms with Gasteiger partial charge in [-0.3, -0.25) is 9.59 Å². The summed E-state index contributed by atoms with van der Waals surface area (Å²) < 4.78 is 106. The number of halogens is 4. The molecule has 0 saturated carbocycles. The fourth-order valence-electron chi connectivity index (χ4n) is 5.33. The third-order valence-electron chi connectivity index (χ3n) is 7.86. The maximum absolute atomic E-state index is 14.4. The molecule has 0 bridgehead atoms. The number of benzene rings is 3. The molecule has 0 aliphatic heterocycles. The van der Waals surface area contributed by atoms with Gasteiger partial charge >= 0.3 is 6.18 Å². The summed E-state index contributed by atoms with van der Waals surface area (Å²) in [6, 6.07) is 16.1. The van der Waals surface area contributed by atoms with E-state index in [-0.39, 0.29) is 10.7 Å². The van der Waals surface area contributed by atoms with Crippen LogP contribution in [0.5, 0.6) is 0 Å². The van der Waals surface area contributed by atoms with E-state index < -0.39 is 68.1 Å². The Hall–Kier alpha value is -3.96. The highest BCUT2D eigenvalue weighted by atomic mass is 32.2. The van der Waals surface area contributed by atoms with Crippen molar-refractivity contribution in [2.75, 3.05) is 26.1 Å². The third-order valence-corrected chi connectivity index (χ3v) is 8.91. The molecule has 1 aromatic heterocycles. The number of alkyl halides is 3. The third kappa shape index (κ3) is 8.70. The molecule has 0 unspecified atom stereocenters. The number of rotatable bonds is 13. The molecule has 248 valence electrons. The molecule has 6 nitrogen and oxygen atoms in total. The van der Waals surface area contributed by atoms with Gasteiger partial charge in [-0.1, -0.05) is 74.1 Å². The molecular weight excluding hydrogens is 628 g/mol. The normalized spacial score (nSPS) is 15.6. The van der Waals surface area contributed by atoms with Crippen molar-refractivity contribution in [2.24, 2.45) is 0 Å². The van der Waals surface area contributed by atoms with Crippen LogP contribution >= 0.6 is 11.8 Å². The predicted octanol–water partition coefficient (Wildman–Crippen LogP) is 7.22. The Morgan fingerprint density at radius 3 is 2.15 bits per heavy atom. The molecule has 0 N–H and O–H groups in total. The molecule has 5 rings (SSSR count). The van der Waals surface area contributed by atoms with Gasteiger partial charge in [-0.2, -0.15) is 18.2 Å². The van der Waals surface area contributed by atoms with E-state index in [0.29, 0.717) is 47.4 Å². The number of thioether (sulfide) groups is 1. The van der Waals surface area contributed by atoms with Crippen LogP contribution in [-0.4, -0.2) is 51.3 Å². The number of carbonyl (C=O) groups excluding carboxylic acids is 1. The van der Waals surface area contributed by atoms with Crippen molar-refractivity contribution in [3.63, 3.8) is 0 Å². The maximum atomic E-state index is 14.4. The molecule has 0 atom stereocenters. The second kappa shape index (κ2) is 15.3. The van der Waals surface area contributed by atoms with E-state index in [1.165, 1.54) is 60.3 Å². The summed E-state index contributed by atoms with van der Waals surface area (Å²) >= 11 is 1.17. The zero-order chi connectivity index (χ0) is 38.9. The van der Waals surface area contributed by atoms with E-state index >= 15 is 0 Å². The van der Waals surface area contributed by atoms with Gasteiger partial charge in [0.25, 0.3) is 5.56 Å². The van der Waals surface area contributed by atoms with E-state index in [0.717, 1.165) is 41.3 Å². The summed E-state index contributed by atoms with van der Waals surface area (Å²) in [7, 11) is 0. The van der Waals surface area contributed by atoms with Crippen molar-refractivity contribution in [1.82, 2.24) is 19.4 Å². The summed E-state index contributed by atoms with van der Waals surface area (Å²) in [5.74, 6) is -0.869. The first-order valence-corrected chi connectivity index (χ1v) is 16.0. The van der Waals surface area contributed by atoms with Gasteiger partial charge < -0.3 is 14.4 Å². The van der Waals surface area contributed by atoms with Crippen LogP contribution in [0.1, 0.15) is 56.4 Å². The van der Waals surface area contributed by atoms with E-state index in [4.69, 9.17) is 5.48 Å². The van der Waals surface area contributed by atoms with Crippen LogP contribution in [0.15, 0.2) is 82.7 Å². The Morgan fingerprint density at radius 1 is 0.915 bits per heavy atom. The Morgan fingerprint density at radius 2 is 1.53 bits per heavy atom. The van der Waals surface area contributed by atoms with Gasteiger partial charge in [0, 0.05) is 42.1 Å². The van der Waals surface area contributed by atoms with Crippen molar-refractivity contribution in [2.45, 2.75) is 63.2 Å². The van der Waals surface area contributed by atoms with Crippen LogP contribution in [0, 0.1) is 5.82 Å². The quantitative estimate of drug-likeness (QED) is 0.0853. The summed E-state index contributed by atoms with van der Waals surface area (Å²) in [4.78, 5) is 33.4. The molecule has 47 heavy (non-hydrogen) atoms. The highest BCUT2D eigenvalue weighted by molar-refractivity contribution is 7.98. The highest BCUT2D eigenvalue weighted by Crippen LogP contribution is 2.31. The molecule has 1 amide bonds. The lowest BCUT2D eigenvalue weighted by Crippen LogP contribution is -2.40.